The van der Waals surface area contributed by atoms with Crippen molar-refractivity contribution >= 4 is 39.7 Å². The Bertz CT molecular complexity index is 728. The standard InChI is InChI=1S/C16H15Cl2N3OS/c17-13-5-1-2-6-14(13)22-10-11-4-3-7-21(9-11)16-12(8-19)15(18)20-23-16/h1-2,5-6,11H,3-4,7,9-10H2. The highest BCUT2D eigenvalue weighted by Gasteiger charge is 2.25. The number of rotatable bonds is 4. The number of aromatic nitrogens is 1. The molecule has 4 nitrogen and oxygen atoms in total. The lowest BCUT2D eigenvalue weighted by molar-refractivity contribution is 0.229. The lowest BCUT2D eigenvalue weighted by atomic mass is 9.99. The first-order valence-corrected chi connectivity index (χ1v) is 8.89. The van der Waals surface area contributed by atoms with E-state index in [0.29, 0.717) is 34.0 Å². The number of nitriles is 1. The van der Waals surface area contributed by atoms with E-state index in [0.717, 1.165) is 30.9 Å². The second-order valence-electron chi connectivity index (χ2n) is 5.46. The lowest BCUT2D eigenvalue weighted by Crippen LogP contribution is -2.37. The Labute approximate surface area is 149 Å². The summed E-state index contributed by atoms with van der Waals surface area (Å²) in [5.41, 5.74) is 0.476. The van der Waals surface area contributed by atoms with Gasteiger partial charge in [-0.1, -0.05) is 35.3 Å². The smallest absolute Gasteiger partial charge is 0.162 e. The molecule has 23 heavy (non-hydrogen) atoms. The summed E-state index contributed by atoms with van der Waals surface area (Å²) in [4.78, 5) is 2.19. The number of hydrogen-bond donors (Lipinski definition) is 0. The number of anilines is 1. The van der Waals surface area contributed by atoms with Crippen molar-refractivity contribution in [1.82, 2.24) is 4.37 Å². The Kier molecular flexibility index (Phi) is 5.27. The van der Waals surface area contributed by atoms with Crippen LogP contribution < -0.4 is 9.64 Å². The molecular formula is C16H15Cl2N3OS. The van der Waals surface area contributed by atoms with Gasteiger partial charge in [0.25, 0.3) is 0 Å². The highest BCUT2D eigenvalue weighted by atomic mass is 35.5. The van der Waals surface area contributed by atoms with Gasteiger partial charge in [-0.15, -0.1) is 0 Å². The van der Waals surface area contributed by atoms with Gasteiger partial charge in [-0.2, -0.15) is 9.64 Å². The van der Waals surface area contributed by atoms with Crippen molar-refractivity contribution in [2.45, 2.75) is 12.8 Å². The molecule has 1 aromatic carbocycles. The van der Waals surface area contributed by atoms with E-state index in [1.165, 1.54) is 11.5 Å². The summed E-state index contributed by atoms with van der Waals surface area (Å²) >= 11 is 13.4. The first kappa shape index (κ1) is 16.4. The molecule has 1 aliphatic heterocycles. The second-order valence-corrected chi connectivity index (χ2v) is 6.98. The van der Waals surface area contributed by atoms with E-state index in [1.807, 2.05) is 24.3 Å². The Morgan fingerprint density at radius 2 is 2.22 bits per heavy atom. The van der Waals surface area contributed by atoms with Crippen LogP contribution in [0, 0.1) is 17.2 Å². The molecule has 7 heteroatoms. The molecule has 2 aromatic rings. The van der Waals surface area contributed by atoms with Crippen molar-refractivity contribution in [1.29, 1.82) is 5.26 Å². The third-order valence-electron chi connectivity index (χ3n) is 3.86. The molecule has 0 radical (unpaired) electrons. The lowest BCUT2D eigenvalue weighted by Gasteiger charge is -2.33. The van der Waals surface area contributed by atoms with Crippen molar-refractivity contribution in [3.63, 3.8) is 0 Å². The maximum Gasteiger partial charge on any atom is 0.162 e. The zero-order valence-electron chi connectivity index (χ0n) is 12.3. The van der Waals surface area contributed by atoms with Crippen LogP contribution >= 0.6 is 34.7 Å². The highest BCUT2D eigenvalue weighted by Crippen LogP contribution is 2.34. The molecule has 1 saturated heterocycles. The van der Waals surface area contributed by atoms with Gasteiger partial charge in [0.2, 0.25) is 0 Å². The van der Waals surface area contributed by atoms with Gasteiger partial charge < -0.3 is 9.64 Å². The van der Waals surface area contributed by atoms with Crippen LogP contribution in [0.15, 0.2) is 24.3 Å². The van der Waals surface area contributed by atoms with Crippen molar-refractivity contribution in [3.8, 4) is 11.8 Å². The monoisotopic (exact) mass is 367 g/mol. The van der Waals surface area contributed by atoms with Gasteiger partial charge in [0.1, 0.15) is 22.4 Å². The number of nitrogens with zero attached hydrogens (tertiary/aromatic N) is 3. The van der Waals surface area contributed by atoms with Crippen LogP contribution in [-0.4, -0.2) is 24.1 Å². The molecule has 1 unspecified atom stereocenters. The molecule has 0 aliphatic carbocycles. The van der Waals surface area contributed by atoms with Crippen molar-refractivity contribution < 1.29 is 4.74 Å². The SMILES string of the molecule is N#Cc1c(Cl)nsc1N1CCCC(COc2ccccc2Cl)C1. The van der Waals surface area contributed by atoms with Gasteiger partial charge in [0.05, 0.1) is 11.6 Å². The quantitative estimate of drug-likeness (QED) is 0.790. The van der Waals surface area contributed by atoms with Gasteiger partial charge in [-0.25, -0.2) is 0 Å². The maximum absolute atomic E-state index is 9.23. The van der Waals surface area contributed by atoms with Crippen LogP contribution in [0.4, 0.5) is 5.00 Å². The summed E-state index contributed by atoms with van der Waals surface area (Å²) in [6, 6.07) is 9.64. The molecule has 0 saturated carbocycles. The predicted octanol–water partition coefficient (Wildman–Crippen LogP) is 4.62. The van der Waals surface area contributed by atoms with Crippen molar-refractivity contribution in [2.24, 2.45) is 5.92 Å². The van der Waals surface area contributed by atoms with E-state index in [2.05, 4.69) is 15.3 Å². The molecule has 0 bridgehead atoms. The summed E-state index contributed by atoms with van der Waals surface area (Å²) in [6.07, 6.45) is 2.15. The zero-order valence-corrected chi connectivity index (χ0v) is 14.7. The van der Waals surface area contributed by atoms with Crippen molar-refractivity contribution in [2.75, 3.05) is 24.6 Å². The minimum atomic E-state index is 0.293. The van der Waals surface area contributed by atoms with Gasteiger partial charge in [-0.05, 0) is 36.5 Å². The van der Waals surface area contributed by atoms with Crippen LogP contribution in [-0.2, 0) is 0 Å². The molecule has 0 N–H and O–H groups in total. The minimum absolute atomic E-state index is 0.293. The van der Waals surface area contributed by atoms with E-state index >= 15 is 0 Å². The summed E-state index contributed by atoms with van der Waals surface area (Å²) < 4.78 is 9.95. The first-order valence-electron chi connectivity index (χ1n) is 7.36. The Morgan fingerprint density at radius 1 is 1.39 bits per heavy atom. The molecule has 1 fully saturated rings. The molecular weight excluding hydrogens is 353 g/mol. The molecule has 1 aromatic heterocycles. The largest absolute Gasteiger partial charge is 0.492 e. The number of piperidine rings is 1. The highest BCUT2D eigenvalue weighted by molar-refractivity contribution is 7.10. The van der Waals surface area contributed by atoms with E-state index in [4.69, 9.17) is 27.9 Å². The Hall–Kier alpha value is -1.48. The number of hydrogen-bond acceptors (Lipinski definition) is 5. The summed E-state index contributed by atoms with van der Waals surface area (Å²) in [5.74, 6) is 1.09. The molecule has 1 aliphatic rings. The average Bonchev–Trinajstić information content (AvgIpc) is 2.95. The fourth-order valence-corrected chi connectivity index (χ4v) is 3.98. The van der Waals surface area contributed by atoms with Gasteiger partial charge in [-0.3, -0.25) is 0 Å². The number of halogens is 2. The van der Waals surface area contributed by atoms with Crippen LogP contribution in [0.2, 0.25) is 10.2 Å². The number of ether oxygens (including phenoxy) is 1. The van der Waals surface area contributed by atoms with Gasteiger partial charge in [0, 0.05) is 19.0 Å². The number of benzene rings is 1. The first-order chi connectivity index (χ1) is 11.2. The molecule has 2 heterocycles. The van der Waals surface area contributed by atoms with Crippen LogP contribution in [0.5, 0.6) is 5.75 Å². The van der Waals surface area contributed by atoms with Crippen LogP contribution in [0.1, 0.15) is 18.4 Å². The minimum Gasteiger partial charge on any atom is -0.492 e. The van der Waals surface area contributed by atoms with E-state index < -0.39 is 0 Å². The summed E-state index contributed by atoms with van der Waals surface area (Å²) in [6.45, 7) is 2.35. The van der Waals surface area contributed by atoms with E-state index in [1.54, 1.807) is 0 Å². The Balaban J connectivity index is 1.65. The van der Waals surface area contributed by atoms with Crippen molar-refractivity contribution in [3.05, 3.63) is 40.0 Å². The summed E-state index contributed by atoms with van der Waals surface area (Å²) in [7, 11) is 0. The fourth-order valence-electron chi connectivity index (χ4n) is 2.73. The topological polar surface area (TPSA) is 49.2 Å². The van der Waals surface area contributed by atoms with Gasteiger partial charge in [0.15, 0.2) is 5.15 Å². The molecule has 0 amide bonds. The summed E-state index contributed by atoms with van der Waals surface area (Å²) in [5, 5.41) is 11.0. The van der Waals surface area contributed by atoms with Gasteiger partial charge >= 0.3 is 0 Å². The fraction of sp³-hybridized carbons (Fsp3) is 0.375. The van der Waals surface area contributed by atoms with E-state index in [9.17, 15) is 5.26 Å². The van der Waals surface area contributed by atoms with E-state index in [-0.39, 0.29) is 0 Å². The number of para-hydroxylation sites is 1. The van der Waals surface area contributed by atoms with Crippen LogP contribution in [0.3, 0.4) is 0 Å². The molecule has 3 rings (SSSR count). The third-order valence-corrected chi connectivity index (χ3v) is 5.46. The maximum atomic E-state index is 9.23. The average molecular weight is 368 g/mol. The third kappa shape index (κ3) is 3.72. The molecule has 120 valence electrons. The van der Waals surface area contributed by atoms with Crippen LogP contribution in [0.25, 0.3) is 0 Å². The normalized spacial score (nSPS) is 17.8. The second kappa shape index (κ2) is 7.39. The zero-order chi connectivity index (χ0) is 16.2. The molecule has 1 atom stereocenters. The Morgan fingerprint density at radius 3 is 3.00 bits per heavy atom. The molecule has 0 spiro atoms. The predicted molar refractivity (Wildman–Crippen MR) is 93.7 cm³/mol.